The number of nitrogens with zero attached hydrogens (tertiary/aromatic N) is 3. The van der Waals surface area contributed by atoms with Crippen LogP contribution < -0.4 is 10.6 Å². The van der Waals surface area contributed by atoms with Crippen LogP contribution in [0, 0.1) is 0 Å². The molecule has 156 valence electrons. The third-order valence-corrected chi connectivity index (χ3v) is 4.42. The summed E-state index contributed by atoms with van der Waals surface area (Å²) in [5.41, 5.74) is 11.3. The number of hydrogen-bond donors (Lipinski definition) is 3. The molecule has 1 atom stereocenters. The van der Waals surface area contributed by atoms with Gasteiger partial charge in [-0.3, -0.25) is 14.4 Å². The quantitative estimate of drug-likeness (QED) is 0.314. The van der Waals surface area contributed by atoms with E-state index in [1.807, 2.05) is 19.1 Å². The zero-order valence-corrected chi connectivity index (χ0v) is 16.5. The second-order valence-corrected chi connectivity index (χ2v) is 6.61. The first-order chi connectivity index (χ1) is 14.4. The Morgan fingerprint density at radius 2 is 1.57 bits per heavy atom. The highest BCUT2D eigenvalue weighted by Crippen LogP contribution is 2.08. The van der Waals surface area contributed by atoms with Crippen LogP contribution in [0.5, 0.6) is 0 Å². The van der Waals surface area contributed by atoms with Gasteiger partial charge >= 0.3 is 5.97 Å². The maximum absolute atomic E-state index is 12.3. The fraction of sp³-hybridized carbons (Fsp3) is 0.286. The van der Waals surface area contributed by atoms with Gasteiger partial charge in [-0.2, -0.15) is 0 Å². The maximum atomic E-state index is 12.3. The summed E-state index contributed by atoms with van der Waals surface area (Å²) in [4.78, 5) is 38.0. The van der Waals surface area contributed by atoms with Crippen molar-refractivity contribution in [2.24, 2.45) is 5.11 Å². The molecule has 2 amide bonds. The molecular formula is C21H23N5O4. The molecule has 2 rings (SSSR count). The third kappa shape index (κ3) is 6.96. The lowest BCUT2D eigenvalue weighted by Crippen LogP contribution is -2.38. The highest BCUT2D eigenvalue weighted by molar-refractivity contribution is 5.95. The van der Waals surface area contributed by atoms with Gasteiger partial charge in [-0.15, -0.1) is 0 Å². The van der Waals surface area contributed by atoms with Gasteiger partial charge in [0.25, 0.3) is 11.8 Å². The van der Waals surface area contributed by atoms with E-state index < -0.39 is 17.9 Å². The minimum Gasteiger partial charge on any atom is -0.481 e. The van der Waals surface area contributed by atoms with E-state index >= 15 is 0 Å². The molecule has 0 aliphatic rings. The number of hydrogen-bond acceptors (Lipinski definition) is 4. The molecule has 2 aromatic carbocycles. The summed E-state index contributed by atoms with van der Waals surface area (Å²) >= 11 is 0. The smallest absolute Gasteiger partial charge is 0.305 e. The van der Waals surface area contributed by atoms with E-state index in [0.717, 1.165) is 17.5 Å². The summed E-state index contributed by atoms with van der Waals surface area (Å²) in [6.45, 7) is 2.19. The number of carbonyl (C=O) groups is 3. The van der Waals surface area contributed by atoms with Gasteiger partial charge in [-0.25, -0.2) is 0 Å². The Morgan fingerprint density at radius 3 is 2.10 bits per heavy atom. The normalized spacial score (nSPS) is 11.1. The largest absolute Gasteiger partial charge is 0.481 e. The van der Waals surface area contributed by atoms with Crippen LogP contribution in [0.15, 0.2) is 53.6 Å². The number of rotatable bonds is 10. The number of carboxylic acids is 1. The van der Waals surface area contributed by atoms with Crippen molar-refractivity contribution in [1.82, 2.24) is 10.6 Å². The summed E-state index contributed by atoms with van der Waals surface area (Å²) in [7, 11) is 0. The number of aryl methyl sites for hydroxylation is 1. The predicted octanol–water partition coefficient (Wildman–Crippen LogP) is 3.06. The number of carbonyl (C=O) groups excluding carboxylic acids is 2. The van der Waals surface area contributed by atoms with Gasteiger partial charge in [-0.05, 0) is 47.3 Å². The summed E-state index contributed by atoms with van der Waals surface area (Å²) < 4.78 is 0. The van der Waals surface area contributed by atoms with Gasteiger partial charge < -0.3 is 15.7 Å². The van der Waals surface area contributed by atoms with E-state index in [1.165, 1.54) is 0 Å². The highest BCUT2D eigenvalue weighted by atomic mass is 16.4. The van der Waals surface area contributed by atoms with E-state index in [9.17, 15) is 14.4 Å². The Bertz CT molecular complexity index is 931. The average Bonchev–Trinajstić information content (AvgIpc) is 2.75. The molecule has 2 aromatic rings. The van der Waals surface area contributed by atoms with Crippen LogP contribution >= 0.6 is 0 Å². The Hall–Kier alpha value is -3.84. The van der Waals surface area contributed by atoms with Crippen molar-refractivity contribution in [3.05, 3.63) is 81.2 Å². The number of benzene rings is 2. The van der Waals surface area contributed by atoms with Gasteiger partial charge in [0.15, 0.2) is 0 Å². The van der Waals surface area contributed by atoms with E-state index in [2.05, 4.69) is 20.7 Å². The van der Waals surface area contributed by atoms with Crippen LogP contribution in [0.2, 0.25) is 0 Å². The molecule has 0 heterocycles. The monoisotopic (exact) mass is 409 g/mol. The van der Waals surface area contributed by atoms with Crippen LogP contribution in [-0.4, -0.2) is 35.5 Å². The molecular weight excluding hydrogens is 386 g/mol. The third-order valence-electron chi connectivity index (χ3n) is 4.42. The van der Waals surface area contributed by atoms with Crippen LogP contribution in [0.3, 0.4) is 0 Å². The molecule has 0 saturated carbocycles. The molecule has 0 radical (unpaired) electrons. The molecule has 0 saturated heterocycles. The van der Waals surface area contributed by atoms with Gasteiger partial charge in [0, 0.05) is 35.2 Å². The van der Waals surface area contributed by atoms with Crippen molar-refractivity contribution in [3.8, 4) is 0 Å². The Kier molecular flexibility index (Phi) is 8.40. The zero-order valence-electron chi connectivity index (χ0n) is 16.5. The number of carboxylic acid groups (broad SMARTS) is 1. The Morgan fingerprint density at radius 1 is 1.00 bits per heavy atom. The molecule has 0 aromatic heterocycles. The average molecular weight is 409 g/mol. The van der Waals surface area contributed by atoms with E-state index in [0.29, 0.717) is 17.7 Å². The molecule has 9 nitrogen and oxygen atoms in total. The molecule has 0 fully saturated rings. The molecule has 0 spiro atoms. The standard InChI is InChI=1S/C21H23N5O4/c1-2-14-3-7-16(8-4-14)20(29)23-12-15-5-9-17(10-6-15)21(30)25-18(11-19(27)28)13-24-26-22/h3-10,18H,2,11-13H2,1H3,(H,23,29)(H,25,30)(H,27,28)/t18-/m0/s1. The maximum Gasteiger partial charge on any atom is 0.305 e. The number of amides is 2. The first kappa shape index (κ1) is 22.4. The van der Waals surface area contributed by atoms with Gasteiger partial charge in [0.2, 0.25) is 0 Å². The van der Waals surface area contributed by atoms with Gasteiger partial charge in [-0.1, -0.05) is 36.3 Å². The fourth-order valence-corrected chi connectivity index (χ4v) is 2.73. The van der Waals surface area contributed by atoms with Crippen LogP contribution in [0.4, 0.5) is 0 Å². The fourth-order valence-electron chi connectivity index (χ4n) is 2.73. The van der Waals surface area contributed by atoms with Crippen LogP contribution in [0.1, 0.15) is 45.2 Å². The molecule has 0 bridgehead atoms. The summed E-state index contributed by atoms with van der Waals surface area (Å²) in [6.07, 6.45) is 0.554. The molecule has 0 unspecified atom stereocenters. The van der Waals surface area contributed by atoms with Crippen molar-refractivity contribution in [2.45, 2.75) is 32.4 Å². The lowest BCUT2D eigenvalue weighted by Gasteiger charge is -2.14. The van der Waals surface area contributed by atoms with Crippen molar-refractivity contribution in [1.29, 1.82) is 0 Å². The topological polar surface area (TPSA) is 144 Å². The summed E-state index contributed by atoms with van der Waals surface area (Å²) in [5, 5.41) is 17.6. The van der Waals surface area contributed by atoms with Gasteiger partial charge in [0.05, 0.1) is 6.42 Å². The van der Waals surface area contributed by atoms with Crippen molar-refractivity contribution < 1.29 is 19.5 Å². The second-order valence-electron chi connectivity index (χ2n) is 6.61. The molecule has 0 aliphatic carbocycles. The predicted molar refractivity (Wildman–Crippen MR) is 111 cm³/mol. The van der Waals surface area contributed by atoms with E-state index in [4.69, 9.17) is 10.6 Å². The number of azide groups is 1. The lowest BCUT2D eigenvalue weighted by atomic mass is 10.1. The second kappa shape index (κ2) is 11.2. The van der Waals surface area contributed by atoms with Crippen molar-refractivity contribution in [2.75, 3.05) is 6.54 Å². The van der Waals surface area contributed by atoms with Crippen molar-refractivity contribution in [3.63, 3.8) is 0 Å². The lowest BCUT2D eigenvalue weighted by molar-refractivity contribution is -0.137. The first-order valence-corrected chi connectivity index (χ1v) is 9.42. The molecule has 3 N–H and O–H groups in total. The summed E-state index contributed by atoms with van der Waals surface area (Å²) in [6, 6.07) is 13.2. The minimum atomic E-state index is -1.11. The van der Waals surface area contributed by atoms with Gasteiger partial charge in [0.1, 0.15) is 0 Å². The van der Waals surface area contributed by atoms with Crippen molar-refractivity contribution >= 4 is 17.8 Å². The van der Waals surface area contributed by atoms with Crippen LogP contribution in [0.25, 0.3) is 10.4 Å². The zero-order chi connectivity index (χ0) is 21.9. The van der Waals surface area contributed by atoms with Crippen LogP contribution in [-0.2, 0) is 17.8 Å². The Balaban J connectivity index is 1.92. The first-order valence-electron chi connectivity index (χ1n) is 9.42. The summed E-state index contributed by atoms with van der Waals surface area (Å²) in [5.74, 6) is -1.76. The Labute approximate surface area is 173 Å². The minimum absolute atomic E-state index is 0.155. The number of nitrogens with one attached hydrogen (secondary N) is 2. The molecule has 0 aliphatic heterocycles. The highest BCUT2D eigenvalue weighted by Gasteiger charge is 2.16. The number of aliphatic carboxylic acids is 1. The van der Waals surface area contributed by atoms with E-state index in [-0.39, 0.29) is 18.9 Å². The van der Waals surface area contributed by atoms with E-state index in [1.54, 1.807) is 36.4 Å². The molecule has 30 heavy (non-hydrogen) atoms. The molecule has 9 heteroatoms. The SMILES string of the molecule is CCc1ccc(C(=O)NCc2ccc(C(=O)N[C@H](CN=[N+]=[N-])CC(=O)O)cc2)cc1.